The predicted octanol–water partition coefficient (Wildman–Crippen LogP) is 5.52. The number of Topliss-reactive ketones (excluding diaryl/α,β-unsaturated/α-hetero) is 1. The van der Waals surface area contributed by atoms with Crippen LogP contribution in [0.4, 0.5) is 13.2 Å². The average Bonchev–Trinajstić information content (AvgIpc) is 3.02. The minimum atomic E-state index is -4.36. The maximum atomic E-state index is 13.0. The zero-order valence-electron chi connectivity index (χ0n) is 21.5. The molecule has 2 aromatic rings. The van der Waals surface area contributed by atoms with Crippen molar-refractivity contribution in [3.63, 3.8) is 0 Å². The number of rotatable bonds is 9. The van der Waals surface area contributed by atoms with Crippen molar-refractivity contribution in [1.82, 2.24) is 14.9 Å². The van der Waals surface area contributed by atoms with E-state index in [1.165, 1.54) is 11.3 Å². The Morgan fingerprint density at radius 3 is 2.84 bits per heavy atom. The van der Waals surface area contributed by atoms with Crippen molar-refractivity contribution in [3.05, 3.63) is 40.2 Å². The van der Waals surface area contributed by atoms with Crippen LogP contribution in [0.25, 0.3) is 0 Å². The number of thiazole rings is 1. The second-order valence-electron chi connectivity index (χ2n) is 10.6. The molecule has 1 aliphatic heterocycles. The summed E-state index contributed by atoms with van der Waals surface area (Å²) in [6, 6.07) is 3.91. The van der Waals surface area contributed by atoms with E-state index in [-0.39, 0.29) is 22.4 Å². The van der Waals surface area contributed by atoms with Gasteiger partial charge >= 0.3 is 6.18 Å². The lowest BCUT2D eigenvalue weighted by molar-refractivity contribution is -0.153. The number of ketones is 1. The van der Waals surface area contributed by atoms with E-state index in [0.717, 1.165) is 87.3 Å². The summed E-state index contributed by atoms with van der Waals surface area (Å²) in [4.78, 5) is 25.1. The quantitative estimate of drug-likeness (QED) is 0.335. The zero-order valence-corrected chi connectivity index (χ0v) is 22.3. The number of fused-ring (bicyclic) bond motifs is 1. The van der Waals surface area contributed by atoms with Gasteiger partial charge in [0.1, 0.15) is 0 Å². The lowest BCUT2D eigenvalue weighted by Crippen LogP contribution is -2.33. The number of halogens is 3. The topological polar surface area (TPSA) is 81.3 Å². The number of ether oxygens (including phenoxy) is 1. The minimum Gasteiger partial charge on any atom is -0.460 e. The molecule has 2 aromatic heterocycles. The van der Waals surface area contributed by atoms with E-state index in [9.17, 15) is 18.0 Å². The molecule has 2 atom stereocenters. The van der Waals surface area contributed by atoms with E-state index in [0.29, 0.717) is 18.4 Å². The number of hydrogen-bond donors (Lipinski definition) is 1. The van der Waals surface area contributed by atoms with Crippen molar-refractivity contribution in [3.8, 4) is 5.19 Å². The van der Waals surface area contributed by atoms with Gasteiger partial charge in [0.15, 0.2) is 12.4 Å². The van der Waals surface area contributed by atoms with Gasteiger partial charge in [-0.1, -0.05) is 17.8 Å². The molecule has 0 radical (unpaired) electrons. The minimum absolute atomic E-state index is 0.0911. The smallest absolute Gasteiger partial charge is 0.422 e. The van der Waals surface area contributed by atoms with E-state index >= 15 is 0 Å². The number of aryl methyl sites for hydroxylation is 1. The first-order chi connectivity index (χ1) is 17.6. The lowest BCUT2D eigenvalue weighted by Gasteiger charge is -2.35. The molecule has 2 aliphatic rings. The highest BCUT2D eigenvalue weighted by atomic mass is 32.1. The van der Waals surface area contributed by atoms with E-state index in [1.807, 2.05) is 19.1 Å². The second kappa shape index (κ2) is 12.2. The van der Waals surface area contributed by atoms with Crippen molar-refractivity contribution in [2.24, 2.45) is 11.1 Å². The summed E-state index contributed by atoms with van der Waals surface area (Å²) in [5.41, 5.74) is 8.76. The Bertz CT molecular complexity index is 1040. The molecule has 2 N–H and O–H groups in total. The number of nitrogens with zero attached hydrogens (tertiary/aromatic N) is 3. The molecule has 37 heavy (non-hydrogen) atoms. The lowest BCUT2D eigenvalue weighted by atomic mass is 9.73. The van der Waals surface area contributed by atoms with Gasteiger partial charge in [0.25, 0.3) is 5.19 Å². The molecule has 204 valence electrons. The molecule has 1 aliphatic carbocycles. The third-order valence-electron chi connectivity index (χ3n) is 7.91. The Labute approximate surface area is 220 Å². The summed E-state index contributed by atoms with van der Waals surface area (Å²) in [7, 11) is 0. The molecule has 0 amide bonds. The summed E-state index contributed by atoms with van der Waals surface area (Å²) >= 11 is 1.23. The first-order valence-corrected chi connectivity index (χ1v) is 14.0. The molecule has 0 aromatic carbocycles. The summed E-state index contributed by atoms with van der Waals surface area (Å²) in [6.45, 7) is 3.17. The molecule has 10 heteroatoms. The average molecular weight is 539 g/mol. The standard InChI is InChI=1S/C27H37F3N4O2S/c1-19-21(5-3-14-32-19)23(35)7-12-26(10-2-4-20(31)6-11-26)13-17-34-15-8-22-24(9-16-34)37-25(33-22)36-18-27(28,29)30/h3,5,14,20H,2,4,6-13,15-18,31H2,1H3. The van der Waals surface area contributed by atoms with Gasteiger partial charge in [0.05, 0.1) is 5.69 Å². The van der Waals surface area contributed by atoms with Gasteiger partial charge in [0, 0.05) is 54.3 Å². The number of nitrogens with two attached hydrogens (primary N) is 1. The first kappa shape index (κ1) is 28.0. The van der Waals surface area contributed by atoms with Gasteiger partial charge in [-0.25, -0.2) is 4.98 Å². The van der Waals surface area contributed by atoms with Gasteiger partial charge in [-0.15, -0.1) is 0 Å². The normalized spacial score (nSPS) is 23.2. The van der Waals surface area contributed by atoms with Crippen molar-refractivity contribution in [2.75, 3.05) is 26.2 Å². The summed E-state index contributed by atoms with van der Waals surface area (Å²) in [5, 5.41) is 0.109. The van der Waals surface area contributed by atoms with Crippen LogP contribution in [-0.4, -0.2) is 59.1 Å². The molecule has 0 spiro atoms. The fraction of sp³-hybridized carbons (Fsp3) is 0.667. The largest absolute Gasteiger partial charge is 0.460 e. The molecule has 2 unspecified atom stereocenters. The molecule has 6 nitrogen and oxygen atoms in total. The van der Waals surface area contributed by atoms with Crippen molar-refractivity contribution in [2.45, 2.75) is 83.4 Å². The van der Waals surface area contributed by atoms with Crippen molar-refractivity contribution in [1.29, 1.82) is 0 Å². The fourth-order valence-corrected chi connectivity index (χ4v) is 6.57. The van der Waals surface area contributed by atoms with Gasteiger partial charge in [0.2, 0.25) is 0 Å². The molecule has 1 fully saturated rings. The maximum Gasteiger partial charge on any atom is 0.422 e. The van der Waals surface area contributed by atoms with Crippen LogP contribution in [0.15, 0.2) is 18.3 Å². The number of carbonyl (C=O) groups excluding carboxylic acids is 1. The van der Waals surface area contributed by atoms with E-state index in [4.69, 9.17) is 10.5 Å². The van der Waals surface area contributed by atoms with Crippen molar-refractivity contribution >= 4 is 17.1 Å². The highest BCUT2D eigenvalue weighted by molar-refractivity contribution is 7.13. The van der Waals surface area contributed by atoms with Crippen LogP contribution in [0.3, 0.4) is 0 Å². The molecule has 4 rings (SSSR count). The maximum absolute atomic E-state index is 13.0. The van der Waals surface area contributed by atoms with Crippen LogP contribution in [0.1, 0.15) is 78.0 Å². The molecule has 0 bridgehead atoms. The fourth-order valence-electron chi connectivity index (χ4n) is 5.63. The van der Waals surface area contributed by atoms with Crippen LogP contribution in [-0.2, 0) is 12.8 Å². The number of hydrogen-bond acceptors (Lipinski definition) is 7. The molecule has 1 saturated carbocycles. The van der Waals surface area contributed by atoms with Gasteiger partial charge in [-0.3, -0.25) is 9.78 Å². The van der Waals surface area contributed by atoms with Gasteiger partial charge < -0.3 is 15.4 Å². The molecule has 3 heterocycles. The van der Waals surface area contributed by atoms with Gasteiger partial charge in [-0.2, -0.15) is 13.2 Å². The van der Waals surface area contributed by atoms with E-state index in [1.54, 1.807) is 6.20 Å². The number of alkyl halides is 3. The van der Waals surface area contributed by atoms with Crippen LogP contribution in [0, 0.1) is 12.3 Å². The predicted molar refractivity (Wildman–Crippen MR) is 138 cm³/mol. The number of carbonyl (C=O) groups is 1. The van der Waals surface area contributed by atoms with E-state index < -0.39 is 12.8 Å². The molecule has 0 saturated heterocycles. The Morgan fingerprint density at radius 2 is 2.05 bits per heavy atom. The Morgan fingerprint density at radius 1 is 1.24 bits per heavy atom. The number of pyridine rings is 1. The highest BCUT2D eigenvalue weighted by Crippen LogP contribution is 2.42. The monoisotopic (exact) mass is 538 g/mol. The van der Waals surface area contributed by atoms with Crippen LogP contribution < -0.4 is 10.5 Å². The second-order valence-corrected chi connectivity index (χ2v) is 11.6. The summed E-state index contributed by atoms with van der Waals surface area (Å²) in [5.74, 6) is 0.160. The third kappa shape index (κ3) is 7.97. The zero-order chi connectivity index (χ0) is 26.5. The van der Waals surface area contributed by atoms with Crippen LogP contribution >= 0.6 is 11.3 Å². The Hall–Kier alpha value is -2.04. The molecular weight excluding hydrogens is 501 g/mol. The first-order valence-electron chi connectivity index (χ1n) is 13.2. The van der Waals surface area contributed by atoms with E-state index in [2.05, 4.69) is 14.9 Å². The van der Waals surface area contributed by atoms with Crippen LogP contribution in [0.2, 0.25) is 0 Å². The Balaban J connectivity index is 1.35. The number of aromatic nitrogens is 2. The Kier molecular flexibility index (Phi) is 9.24. The SMILES string of the molecule is Cc1ncccc1C(=O)CCC1(CCN2CCc3nc(OCC(F)(F)F)sc3CC2)CCCC(N)CC1. The highest BCUT2D eigenvalue weighted by Gasteiger charge is 2.34. The van der Waals surface area contributed by atoms with Gasteiger partial charge in [-0.05, 0) is 76.0 Å². The van der Waals surface area contributed by atoms with Crippen LogP contribution in [0.5, 0.6) is 5.19 Å². The summed E-state index contributed by atoms with van der Waals surface area (Å²) in [6.07, 6.45) is 6.44. The third-order valence-corrected chi connectivity index (χ3v) is 8.98. The summed E-state index contributed by atoms with van der Waals surface area (Å²) < 4.78 is 42.3. The molecular formula is C27H37F3N4O2S. The van der Waals surface area contributed by atoms with Crippen molar-refractivity contribution < 1.29 is 22.7 Å².